The standard InChI is InChI=1S/C13H23N3OS2/c1-2-10(5-6-14)3-4-12-15-13(16-17-12)11-9-18-7-8-19-11/h10-11H,2-9,14H2,1H3. The fourth-order valence-electron chi connectivity index (χ4n) is 2.25. The minimum absolute atomic E-state index is 0.419. The fourth-order valence-corrected chi connectivity index (χ4v) is 4.84. The monoisotopic (exact) mass is 301 g/mol. The van der Waals surface area contributed by atoms with Crippen LogP contribution in [0.25, 0.3) is 0 Å². The summed E-state index contributed by atoms with van der Waals surface area (Å²) in [7, 11) is 0. The van der Waals surface area contributed by atoms with Crippen molar-refractivity contribution in [3.63, 3.8) is 0 Å². The first kappa shape index (κ1) is 15.2. The van der Waals surface area contributed by atoms with E-state index in [1.54, 1.807) is 0 Å². The average molecular weight is 301 g/mol. The lowest BCUT2D eigenvalue weighted by Crippen LogP contribution is -2.09. The molecule has 1 aliphatic rings. The molecule has 1 fully saturated rings. The van der Waals surface area contributed by atoms with Gasteiger partial charge in [-0.05, 0) is 25.3 Å². The molecule has 108 valence electrons. The van der Waals surface area contributed by atoms with E-state index in [0.29, 0.717) is 11.2 Å². The molecular formula is C13H23N3OS2. The molecule has 0 bridgehead atoms. The van der Waals surface area contributed by atoms with E-state index in [9.17, 15) is 0 Å². The highest BCUT2D eigenvalue weighted by atomic mass is 32.2. The lowest BCUT2D eigenvalue weighted by atomic mass is 9.97. The highest BCUT2D eigenvalue weighted by Gasteiger charge is 2.22. The van der Waals surface area contributed by atoms with Crippen molar-refractivity contribution in [3.8, 4) is 0 Å². The summed E-state index contributed by atoms with van der Waals surface area (Å²) in [5, 5.41) is 4.56. The summed E-state index contributed by atoms with van der Waals surface area (Å²) in [6, 6.07) is 0. The highest BCUT2D eigenvalue weighted by molar-refractivity contribution is 8.06. The number of aromatic nitrogens is 2. The van der Waals surface area contributed by atoms with E-state index in [1.165, 1.54) is 17.9 Å². The molecule has 2 heterocycles. The van der Waals surface area contributed by atoms with Crippen molar-refractivity contribution >= 4 is 23.5 Å². The summed E-state index contributed by atoms with van der Waals surface area (Å²) in [5.74, 6) is 5.89. The largest absolute Gasteiger partial charge is 0.339 e. The second-order valence-corrected chi connectivity index (χ2v) is 7.33. The molecule has 2 N–H and O–H groups in total. The molecule has 2 atom stereocenters. The number of nitrogens with two attached hydrogens (primary N) is 1. The minimum Gasteiger partial charge on any atom is -0.339 e. The average Bonchev–Trinajstić information content (AvgIpc) is 2.93. The van der Waals surface area contributed by atoms with Gasteiger partial charge in [-0.2, -0.15) is 16.7 Å². The Bertz CT molecular complexity index is 367. The Hall–Kier alpha value is -0.200. The molecule has 1 saturated heterocycles. The smallest absolute Gasteiger partial charge is 0.226 e. The molecule has 6 heteroatoms. The fraction of sp³-hybridized carbons (Fsp3) is 0.846. The van der Waals surface area contributed by atoms with Crippen LogP contribution in [-0.2, 0) is 6.42 Å². The van der Waals surface area contributed by atoms with Crippen molar-refractivity contribution in [1.29, 1.82) is 0 Å². The first-order valence-corrected chi connectivity index (χ1v) is 9.25. The quantitative estimate of drug-likeness (QED) is 0.835. The van der Waals surface area contributed by atoms with E-state index in [-0.39, 0.29) is 0 Å². The lowest BCUT2D eigenvalue weighted by Gasteiger charge is -2.17. The Morgan fingerprint density at radius 3 is 3.00 bits per heavy atom. The van der Waals surface area contributed by atoms with Crippen LogP contribution in [0.3, 0.4) is 0 Å². The van der Waals surface area contributed by atoms with Gasteiger partial charge >= 0.3 is 0 Å². The van der Waals surface area contributed by atoms with Crippen molar-refractivity contribution in [2.45, 2.75) is 37.9 Å². The molecule has 4 nitrogen and oxygen atoms in total. The molecule has 2 unspecified atom stereocenters. The van der Waals surface area contributed by atoms with Gasteiger partial charge in [0.15, 0.2) is 5.82 Å². The van der Waals surface area contributed by atoms with E-state index in [4.69, 9.17) is 10.3 Å². The summed E-state index contributed by atoms with van der Waals surface area (Å²) in [6.45, 7) is 2.99. The summed E-state index contributed by atoms with van der Waals surface area (Å²) in [4.78, 5) is 4.56. The minimum atomic E-state index is 0.419. The third-order valence-electron chi connectivity index (χ3n) is 3.51. The Balaban J connectivity index is 1.82. The van der Waals surface area contributed by atoms with Crippen LogP contribution in [0.5, 0.6) is 0 Å². The molecule has 0 aliphatic carbocycles. The lowest BCUT2D eigenvalue weighted by molar-refractivity contribution is 0.351. The Morgan fingerprint density at radius 2 is 2.32 bits per heavy atom. The molecule has 2 rings (SSSR count). The Labute approximate surface area is 123 Å². The van der Waals surface area contributed by atoms with Crippen molar-refractivity contribution in [2.24, 2.45) is 11.7 Å². The van der Waals surface area contributed by atoms with Crippen molar-refractivity contribution in [3.05, 3.63) is 11.7 Å². The molecule has 0 amide bonds. The molecule has 0 saturated carbocycles. The van der Waals surface area contributed by atoms with E-state index < -0.39 is 0 Å². The third-order valence-corrected chi connectivity index (χ3v) is 6.26. The van der Waals surface area contributed by atoms with E-state index in [2.05, 4.69) is 17.1 Å². The zero-order valence-electron chi connectivity index (χ0n) is 11.5. The van der Waals surface area contributed by atoms with E-state index >= 15 is 0 Å². The van der Waals surface area contributed by atoms with Crippen molar-refractivity contribution < 1.29 is 4.52 Å². The van der Waals surface area contributed by atoms with Gasteiger partial charge in [-0.3, -0.25) is 0 Å². The Morgan fingerprint density at radius 1 is 1.42 bits per heavy atom. The molecule has 19 heavy (non-hydrogen) atoms. The molecule has 0 aromatic carbocycles. The second-order valence-electron chi connectivity index (χ2n) is 4.87. The highest BCUT2D eigenvalue weighted by Crippen LogP contribution is 2.35. The van der Waals surface area contributed by atoms with Gasteiger partial charge < -0.3 is 10.3 Å². The molecule has 1 aliphatic heterocycles. The molecule has 1 aromatic heterocycles. The number of nitrogens with zero attached hydrogens (tertiary/aromatic N) is 2. The maximum atomic E-state index is 5.62. The van der Waals surface area contributed by atoms with Crippen LogP contribution in [0.1, 0.15) is 43.2 Å². The van der Waals surface area contributed by atoms with Crippen molar-refractivity contribution in [2.75, 3.05) is 23.8 Å². The molecule has 1 aromatic rings. The first-order chi connectivity index (χ1) is 9.33. The van der Waals surface area contributed by atoms with Crippen LogP contribution in [0, 0.1) is 5.92 Å². The molecule has 0 radical (unpaired) electrons. The zero-order valence-corrected chi connectivity index (χ0v) is 13.1. The number of rotatable bonds is 7. The number of hydrogen-bond acceptors (Lipinski definition) is 6. The first-order valence-electron chi connectivity index (χ1n) is 7.05. The summed E-state index contributed by atoms with van der Waals surface area (Å²) < 4.78 is 5.38. The summed E-state index contributed by atoms with van der Waals surface area (Å²) >= 11 is 3.92. The predicted octanol–water partition coefficient (Wildman–Crippen LogP) is 2.90. The van der Waals surface area contributed by atoms with Crippen LogP contribution in [0.4, 0.5) is 0 Å². The second kappa shape index (κ2) is 8.17. The van der Waals surface area contributed by atoms with E-state index in [0.717, 1.165) is 43.3 Å². The number of aryl methyl sites for hydroxylation is 1. The zero-order chi connectivity index (χ0) is 13.5. The van der Waals surface area contributed by atoms with Crippen LogP contribution in [0.15, 0.2) is 4.52 Å². The van der Waals surface area contributed by atoms with Crippen LogP contribution in [0.2, 0.25) is 0 Å². The van der Waals surface area contributed by atoms with Gasteiger partial charge in [0.25, 0.3) is 0 Å². The summed E-state index contributed by atoms with van der Waals surface area (Å²) in [5.41, 5.74) is 5.62. The van der Waals surface area contributed by atoms with Gasteiger partial charge in [-0.1, -0.05) is 18.5 Å². The third kappa shape index (κ3) is 4.68. The topological polar surface area (TPSA) is 64.9 Å². The SMILES string of the molecule is CCC(CCN)CCc1nc(C2CSCCS2)no1. The van der Waals surface area contributed by atoms with Gasteiger partial charge in [-0.15, -0.1) is 11.8 Å². The van der Waals surface area contributed by atoms with Gasteiger partial charge in [0.2, 0.25) is 5.89 Å². The van der Waals surface area contributed by atoms with Gasteiger partial charge in [0.1, 0.15) is 0 Å². The summed E-state index contributed by atoms with van der Waals surface area (Å²) in [6.07, 6.45) is 4.25. The molecular weight excluding hydrogens is 278 g/mol. The van der Waals surface area contributed by atoms with Gasteiger partial charge in [0, 0.05) is 23.7 Å². The van der Waals surface area contributed by atoms with Gasteiger partial charge in [0.05, 0.1) is 5.25 Å². The Kier molecular flexibility index (Phi) is 6.53. The number of hydrogen-bond donors (Lipinski definition) is 1. The van der Waals surface area contributed by atoms with E-state index in [1.807, 2.05) is 23.5 Å². The number of thioether (sulfide) groups is 2. The van der Waals surface area contributed by atoms with Crippen molar-refractivity contribution in [1.82, 2.24) is 10.1 Å². The van der Waals surface area contributed by atoms with Gasteiger partial charge in [-0.25, -0.2) is 0 Å². The van der Waals surface area contributed by atoms with Crippen LogP contribution < -0.4 is 5.73 Å². The maximum absolute atomic E-state index is 5.62. The normalized spacial score (nSPS) is 21.5. The maximum Gasteiger partial charge on any atom is 0.226 e. The predicted molar refractivity (Wildman–Crippen MR) is 82.6 cm³/mol. The van der Waals surface area contributed by atoms with Crippen LogP contribution in [-0.4, -0.2) is 33.9 Å². The molecule has 0 spiro atoms. The van der Waals surface area contributed by atoms with Crippen LogP contribution >= 0.6 is 23.5 Å².